The van der Waals surface area contributed by atoms with Gasteiger partial charge in [0.1, 0.15) is 17.2 Å². The lowest BCUT2D eigenvalue weighted by molar-refractivity contribution is 0.102. The largest absolute Gasteiger partial charge is 0.383 e. The number of hydrogen-bond acceptors (Lipinski definition) is 3. The Morgan fingerprint density at radius 1 is 1.47 bits per heavy atom. The van der Waals surface area contributed by atoms with Gasteiger partial charge in [-0.05, 0) is 22.0 Å². The van der Waals surface area contributed by atoms with Gasteiger partial charge in [-0.25, -0.2) is 8.78 Å². The first-order valence-electron chi connectivity index (χ1n) is 5.13. The van der Waals surface area contributed by atoms with Crippen LogP contribution < -0.4 is 11.1 Å². The van der Waals surface area contributed by atoms with Gasteiger partial charge in [-0.2, -0.15) is 5.10 Å². The minimum atomic E-state index is -0.886. The van der Waals surface area contributed by atoms with E-state index >= 15 is 0 Å². The number of carbonyl (C=O) groups is 1. The molecule has 0 bridgehead atoms. The molecule has 2 rings (SSSR count). The highest BCUT2D eigenvalue weighted by molar-refractivity contribution is 9.10. The number of nitrogens with one attached hydrogen (secondary N) is 1. The highest BCUT2D eigenvalue weighted by Crippen LogP contribution is 2.27. The fourth-order valence-corrected chi connectivity index (χ4v) is 1.97. The van der Waals surface area contributed by atoms with Gasteiger partial charge in [0.2, 0.25) is 0 Å². The van der Waals surface area contributed by atoms with Crippen molar-refractivity contribution in [1.82, 2.24) is 9.78 Å². The third kappa shape index (κ3) is 2.58. The number of nitrogens with zero attached hydrogens (tertiary/aromatic N) is 2. The molecule has 1 heterocycles. The topological polar surface area (TPSA) is 72.9 Å². The number of benzene rings is 1. The Morgan fingerprint density at radius 2 is 2.16 bits per heavy atom. The SMILES string of the molecule is Cn1ncc(C(=O)Nc2c(F)cc(F)cc2Br)c1N. The number of amides is 1. The van der Waals surface area contributed by atoms with Gasteiger partial charge in [-0.3, -0.25) is 9.48 Å². The second-order valence-electron chi connectivity index (χ2n) is 3.77. The van der Waals surface area contributed by atoms with Crippen LogP contribution in [0, 0.1) is 11.6 Å². The van der Waals surface area contributed by atoms with Gasteiger partial charge in [-0.15, -0.1) is 0 Å². The molecular formula is C11H9BrF2N4O. The third-order valence-corrected chi connectivity index (χ3v) is 3.10. The molecule has 19 heavy (non-hydrogen) atoms. The van der Waals surface area contributed by atoms with Crippen LogP contribution in [0.1, 0.15) is 10.4 Å². The molecule has 3 N–H and O–H groups in total. The molecule has 0 aliphatic heterocycles. The molecule has 0 saturated carbocycles. The molecule has 0 spiro atoms. The first-order valence-corrected chi connectivity index (χ1v) is 5.93. The molecule has 0 fully saturated rings. The fourth-order valence-electron chi connectivity index (χ4n) is 1.46. The quantitative estimate of drug-likeness (QED) is 0.887. The minimum absolute atomic E-state index is 0.0980. The number of rotatable bonds is 2. The monoisotopic (exact) mass is 330 g/mol. The average molecular weight is 331 g/mol. The number of anilines is 2. The summed E-state index contributed by atoms with van der Waals surface area (Å²) in [7, 11) is 1.57. The van der Waals surface area contributed by atoms with Gasteiger partial charge in [0, 0.05) is 17.6 Å². The predicted molar refractivity (Wildman–Crippen MR) is 69.6 cm³/mol. The Kier molecular flexibility index (Phi) is 3.52. The smallest absolute Gasteiger partial charge is 0.261 e. The van der Waals surface area contributed by atoms with E-state index in [9.17, 15) is 13.6 Å². The molecule has 2 aromatic rings. The zero-order chi connectivity index (χ0) is 14.2. The van der Waals surface area contributed by atoms with Gasteiger partial charge in [-0.1, -0.05) is 0 Å². The Morgan fingerprint density at radius 3 is 2.68 bits per heavy atom. The van der Waals surface area contributed by atoms with Crippen molar-refractivity contribution in [1.29, 1.82) is 0 Å². The summed E-state index contributed by atoms with van der Waals surface area (Å²) < 4.78 is 27.9. The summed E-state index contributed by atoms with van der Waals surface area (Å²) in [4.78, 5) is 11.9. The highest BCUT2D eigenvalue weighted by atomic mass is 79.9. The van der Waals surface area contributed by atoms with Crippen LogP contribution in [-0.2, 0) is 7.05 Å². The van der Waals surface area contributed by atoms with Crippen LogP contribution in [0.15, 0.2) is 22.8 Å². The van der Waals surface area contributed by atoms with Crippen molar-refractivity contribution < 1.29 is 13.6 Å². The molecular weight excluding hydrogens is 322 g/mol. The lowest BCUT2D eigenvalue weighted by Crippen LogP contribution is -2.15. The van der Waals surface area contributed by atoms with Crippen LogP contribution in [0.4, 0.5) is 20.3 Å². The van der Waals surface area contributed by atoms with Crippen molar-refractivity contribution >= 4 is 33.3 Å². The molecule has 5 nitrogen and oxygen atoms in total. The molecule has 1 aromatic carbocycles. The lowest BCUT2D eigenvalue weighted by Gasteiger charge is -2.08. The van der Waals surface area contributed by atoms with Gasteiger partial charge >= 0.3 is 0 Å². The van der Waals surface area contributed by atoms with Crippen LogP contribution in [0.25, 0.3) is 0 Å². The zero-order valence-corrected chi connectivity index (χ0v) is 11.3. The number of aryl methyl sites for hydroxylation is 1. The third-order valence-electron chi connectivity index (χ3n) is 2.47. The summed E-state index contributed by atoms with van der Waals surface area (Å²) in [5.74, 6) is -2.11. The molecule has 100 valence electrons. The van der Waals surface area contributed by atoms with Crippen molar-refractivity contribution in [2.75, 3.05) is 11.1 Å². The first-order chi connectivity index (χ1) is 8.90. The van der Waals surface area contributed by atoms with E-state index in [1.54, 1.807) is 7.05 Å². The van der Waals surface area contributed by atoms with E-state index in [1.165, 1.54) is 10.9 Å². The Labute approximate surface area is 115 Å². The van der Waals surface area contributed by atoms with Crippen molar-refractivity contribution in [2.45, 2.75) is 0 Å². The molecule has 0 radical (unpaired) electrons. The number of halogens is 3. The summed E-state index contributed by atoms with van der Waals surface area (Å²) >= 11 is 2.98. The summed E-state index contributed by atoms with van der Waals surface area (Å²) in [5, 5.41) is 6.12. The minimum Gasteiger partial charge on any atom is -0.383 e. The van der Waals surface area contributed by atoms with Crippen LogP contribution in [-0.4, -0.2) is 15.7 Å². The molecule has 0 unspecified atom stereocenters. The summed E-state index contributed by atoms with van der Waals surface area (Å²) in [6.07, 6.45) is 1.26. The molecule has 0 aliphatic carbocycles. The molecule has 0 saturated heterocycles. The zero-order valence-electron chi connectivity index (χ0n) is 9.75. The van der Waals surface area contributed by atoms with Crippen molar-refractivity contribution in [2.24, 2.45) is 7.05 Å². The lowest BCUT2D eigenvalue weighted by atomic mass is 10.2. The summed E-state index contributed by atoms with van der Waals surface area (Å²) in [6.45, 7) is 0. The van der Waals surface area contributed by atoms with E-state index in [4.69, 9.17) is 5.73 Å². The standard InChI is InChI=1S/C11H9BrF2N4O/c1-18-10(15)6(4-16-18)11(19)17-9-7(12)2-5(13)3-8(9)14/h2-4H,15H2,1H3,(H,17,19). The van der Waals surface area contributed by atoms with Crippen molar-refractivity contribution in [3.63, 3.8) is 0 Å². The molecule has 0 atom stereocenters. The number of carbonyl (C=O) groups excluding carboxylic acids is 1. The number of hydrogen-bond donors (Lipinski definition) is 2. The van der Waals surface area contributed by atoms with Gasteiger partial charge in [0.05, 0.1) is 11.9 Å². The van der Waals surface area contributed by atoms with E-state index < -0.39 is 17.5 Å². The maximum Gasteiger partial charge on any atom is 0.261 e. The van der Waals surface area contributed by atoms with Gasteiger partial charge < -0.3 is 11.1 Å². The van der Waals surface area contributed by atoms with Crippen LogP contribution in [0.3, 0.4) is 0 Å². The fraction of sp³-hybridized carbons (Fsp3) is 0.0909. The maximum atomic E-state index is 13.6. The highest BCUT2D eigenvalue weighted by Gasteiger charge is 2.17. The van der Waals surface area contributed by atoms with E-state index in [-0.39, 0.29) is 21.5 Å². The van der Waals surface area contributed by atoms with Crippen LogP contribution in [0.2, 0.25) is 0 Å². The van der Waals surface area contributed by atoms with Crippen LogP contribution >= 0.6 is 15.9 Å². The van der Waals surface area contributed by atoms with E-state index in [2.05, 4.69) is 26.3 Å². The maximum absolute atomic E-state index is 13.6. The summed E-state index contributed by atoms with van der Waals surface area (Å²) in [5.41, 5.74) is 5.58. The van der Waals surface area contributed by atoms with Gasteiger partial charge in [0.25, 0.3) is 5.91 Å². The Hall–Kier alpha value is -1.96. The van der Waals surface area contributed by atoms with E-state index in [1.807, 2.05) is 0 Å². The van der Waals surface area contributed by atoms with Crippen LogP contribution in [0.5, 0.6) is 0 Å². The molecule has 1 amide bonds. The van der Waals surface area contributed by atoms with E-state index in [0.717, 1.165) is 6.07 Å². The normalized spacial score (nSPS) is 10.5. The molecule has 1 aromatic heterocycles. The number of nitrogen functional groups attached to an aromatic ring is 1. The molecule has 8 heteroatoms. The Bertz CT molecular complexity index is 633. The summed E-state index contributed by atoms with van der Waals surface area (Å²) in [6, 6.07) is 1.72. The molecule has 0 aliphatic rings. The predicted octanol–water partition coefficient (Wildman–Crippen LogP) is 2.30. The number of aromatic nitrogens is 2. The second kappa shape index (κ2) is 4.96. The first kappa shape index (κ1) is 13.5. The van der Waals surface area contributed by atoms with E-state index in [0.29, 0.717) is 6.07 Å². The Balaban J connectivity index is 2.32. The number of nitrogens with two attached hydrogens (primary N) is 1. The van der Waals surface area contributed by atoms with Crippen molar-refractivity contribution in [3.05, 3.63) is 40.0 Å². The second-order valence-corrected chi connectivity index (χ2v) is 4.62. The average Bonchev–Trinajstić information content (AvgIpc) is 2.64. The van der Waals surface area contributed by atoms with Crippen molar-refractivity contribution in [3.8, 4) is 0 Å². The van der Waals surface area contributed by atoms with Gasteiger partial charge in [0.15, 0.2) is 5.82 Å².